The van der Waals surface area contributed by atoms with Crippen LogP contribution in [-0.2, 0) is 4.79 Å². The zero-order valence-electron chi connectivity index (χ0n) is 11.9. The van der Waals surface area contributed by atoms with Crippen LogP contribution in [0.3, 0.4) is 0 Å². The first-order valence-electron chi connectivity index (χ1n) is 6.58. The monoisotopic (exact) mass is 291 g/mol. The number of carbonyl (C=O) groups is 1. The van der Waals surface area contributed by atoms with Crippen molar-refractivity contribution in [2.24, 2.45) is 5.92 Å². The van der Waals surface area contributed by atoms with Gasteiger partial charge in [-0.05, 0) is 31.0 Å². The van der Waals surface area contributed by atoms with Crippen molar-refractivity contribution in [3.8, 4) is 5.69 Å². The quantitative estimate of drug-likeness (QED) is 0.931. The van der Waals surface area contributed by atoms with Crippen LogP contribution in [0.2, 0.25) is 5.02 Å². The normalized spacial score (nSPS) is 10.8. The summed E-state index contributed by atoms with van der Waals surface area (Å²) in [7, 11) is 0. The van der Waals surface area contributed by atoms with E-state index in [4.69, 9.17) is 11.6 Å². The van der Waals surface area contributed by atoms with Gasteiger partial charge in [-0.1, -0.05) is 31.5 Å². The van der Waals surface area contributed by atoms with Gasteiger partial charge in [0.15, 0.2) is 0 Å². The van der Waals surface area contributed by atoms with Crippen LogP contribution in [0.4, 0.5) is 5.82 Å². The maximum absolute atomic E-state index is 11.9. The van der Waals surface area contributed by atoms with Crippen molar-refractivity contribution in [3.05, 3.63) is 41.0 Å². The fourth-order valence-corrected chi connectivity index (χ4v) is 2.14. The minimum Gasteiger partial charge on any atom is -0.311 e. The van der Waals surface area contributed by atoms with Gasteiger partial charge in [0.1, 0.15) is 5.82 Å². The minimum atomic E-state index is -0.0109. The van der Waals surface area contributed by atoms with Gasteiger partial charge in [0, 0.05) is 17.5 Å². The summed E-state index contributed by atoms with van der Waals surface area (Å²) in [5, 5.41) is 7.93. The van der Waals surface area contributed by atoms with E-state index in [1.807, 2.05) is 45.0 Å². The summed E-state index contributed by atoms with van der Waals surface area (Å²) in [4.78, 5) is 11.9. The molecule has 0 aliphatic rings. The highest BCUT2D eigenvalue weighted by Crippen LogP contribution is 2.20. The minimum absolute atomic E-state index is 0.0109. The summed E-state index contributed by atoms with van der Waals surface area (Å²) in [6.45, 7) is 5.91. The Morgan fingerprint density at radius 2 is 2.15 bits per heavy atom. The van der Waals surface area contributed by atoms with Crippen molar-refractivity contribution in [1.82, 2.24) is 9.78 Å². The molecule has 0 saturated carbocycles. The lowest BCUT2D eigenvalue weighted by Crippen LogP contribution is -2.16. The largest absolute Gasteiger partial charge is 0.311 e. The lowest BCUT2D eigenvalue weighted by Gasteiger charge is -2.10. The highest BCUT2D eigenvalue weighted by Gasteiger charge is 2.12. The van der Waals surface area contributed by atoms with E-state index in [-0.39, 0.29) is 5.91 Å². The van der Waals surface area contributed by atoms with E-state index in [9.17, 15) is 4.79 Å². The van der Waals surface area contributed by atoms with Crippen LogP contribution in [0.5, 0.6) is 0 Å². The van der Waals surface area contributed by atoms with E-state index >= 15 is 0 Å². The van der Waals surface area contributed by atoms with Crippen LogP contribution < -0.4 is 5.32 Å². The molecule has 0 aliphatic carbocycles. The topological polar surface area (TPSA) is 46.9 Å². The third-order valence-corrected chi connectivity index (χ3v) is 2.98. The molecule has 106 valence electrons. The molecule has 0 aliphatic heterocycles. The third kappa shape index (κ3) is 3.61. The Labute approximate surface area is 123 Å². The SMILES string of the molecule is Cc1cc(NC(=O)CC(C)C)n(-c2cccc(Cl)c2)n1. The molecule has 0 unspecified atom stereocenters. The van der Waals surface area contributed by atoms with E-state index < -0.39 is 0 Å². The van der Waals surface area contributed by atoms with Gasteiger partial charge in [-0.15, -0.1) is 0 Å². The number of aryl methyl sites for hydroxylation is 1. The molecule has 1 aromatic heterocycles. The zero-order valence-corrected chi connectivity index (χ0v) is 12.6. The summed E-state index contributed by atoms with van der Waals surface area (Å²) in [6, 6.07) is 9.22. The molecule has 0 saturated heterocycles. The Balaban J connectivity index is 2.29. The molecule has 0 spiro atoms. The maximum Gasteiger partial charge on any atom is 0.225 e. The predicted octanol–water partition coefficient (Wildman–Crippen LogP) is 3.82. The first-order valence-corrected chi connectivity index (χ1v) is 6.96. The Morgan fingerprint density at radius 1 is 1.40 bits per heavy atom. The molecule has 5 heteroatoms. The highest BCUT2D eigenvalue weighted by molar-refractivity contribution is 6.30. The molecule has 1 N–H and O–H groups in total. The summed E-state index contributed by atoms with van der Waals surface area (Å²) in [5.41, 5.74) is 1.66. The van der Waals surface area contributed by atoms with Crippen LogP contribution in [0.25, 0.3) is 5.69 Å². The Hall–Kier alpha value is -1.81. The van der Waals surface area contributed by atoms with E-state index in [0.29, 0.717) is 23.2 Å². The number of nitrogens with zero attached hydrogens (tertiary/aromatic N) is 2. The number of hydrogen-bond donors (Lipinski definition) is 1. The predicted molar refractivity (Wildman–Crippen MR) is 81.4 cm³/mol. The molecule has 0 fully saturated rings. The number of benzene rings is 1. The molecule has 20 heavy (non-hydrogen) atoms. The van der Waals surface area contributed by atoms with Gasteiger partial charge in [-0.25, -0.2) is 4.68 Å². The summed E-state index contributed by atoms with van der Waals surface area (Å²) < 4.78 is 1.69. The highest BCUT2D eigenvalue weighted by atomic mass is 35.5. The molecule has 2 aromatic rings. The third-order valence-electron chi connectivity index (χ3n) is 2.75. The van der Waals surface area contributed by atoms with Crippen LogP contribution in [-0.4, -0.2) is 15.7 Å². The standard InChI is InChI=1S/C15H18ClN3O/c1-10(2)7-15(20)17-14-8-11(3)18-19(14)13-6-4-5-12(16)9-13/h4-6,8-10H,7H2,1-3H3,(H,17,20). The number of nitrogens with one attached hydrogen (secondary N) is 1. The molecule has 1 heterocycles. The van der Waals surface area contributed by atoms with Crippen molar-refractivity contribution in [3.63, 3.8) is 0 Å². The van der Waals surface area contributed by atoms with Gasteiger partial charge >= 0.3 is 0 Å². The van der Waals surface area contributed by atoms with Gasteiger partial charge in [0.2, 0.25) is 5.91 Å². The second-order valence-electron chi connectivity index (χ2n) is 5.21. The van der Waals surface area contributed by atoms with Crippen molar-refractivity contribution in [2.45, 2.75) is 27.2 Å². The zero-order chi connectivity index (χ0) is 14.7. The summed E-state index contributed by atoms with van der Waals surface area (Å²) >= 11 is 6.00. The molecule has 0 radical (unpaired) electrons. The number of hydrogen-bond acceptors (Lipinski definition) is 2. The van der Waals surface area contributed by atoms with Crippen molar-refractivity contribution in [2.75, 3.05) is 5.32 Å². The molecule has 4 nitrogen and oxygen atoms in total. The lowest BCUT2D eigenvalue weighted by molar-refractivity contribution is -0.116. The number of rotatable bonds is 4. The second-order valence-corrected chi connectivity index (χ2v) is 5.65. The Bertz CT molecular complexity index is 619. The van der Waals surface area contributed by atoms with Crippen LogP contribution in [0.15, 0.2) is 30.3 Å². The average molecular weight is 292 g/mol. The van der Waals surface area contributed by atoms with Gasteiger partial charge in [-0.2, -0.15) is 5.10 Å². The number of halogens is 1. The fourth-order valence-electron chi connectivity index (χ4n) is 1.96. The number of aromatic nitrogens is 2. The molecule has 0 bridgehead atoms. The van der Waals surface area contributed by atoms with Crippen molar-refractivity contribution in [1.29, 1.82) is 0 Å². The Kier molecular flexibility index (Phi) is 4.45. The van der Waals surface area contributed by atoms with E-state index in [1.165, 1.54) is 0 Å². The molecular formula is C15H18ClN3O. The van der Waals surface area contributed by atoms with Crippen LogP contribution in [0, 0.1) is 12.8 Å². The molecule has 0 atom stereocenters. The first-order chi connectivity index (χ1) is 9.45. The average Bonchev–Trinajstić information content (AvgIpc) is 2.69. The smallest absolute Gasteiger partial charge is 0.225 e. The number of amides is 1. The second kappa shape index (κ2) is 6.09. The molecule has 2 rings (SSSR count). The van der Waals surface area contributed by atoms with E-state index in [0.717, 1.165) is 11.4 Å². The summed E-state index contributed by atoms with van der Waals surface area (Å²) in [6.07, 6.45) is 0.486. The van der Waals surface area contributed by atoms with Crippen LogP contribution in [0.1, 0.15) is 26.0 Å². The van der Waals surface area contributed by atoms with Crippen LogP contribution >= 0.6 is 11.6 Å². The number of carbonyl (C=O) groups excluding carboxylic acids is 1. The molecule has 1 amide bonds. The van der Waals surface area contributed by atoms with Gasteiger partial charge in [-0.3, -0.25) is 4.79 Å². The van der Waals surface area contributed by atoms with E-state index in [2.05, 4.69) is 10.4 Å². The van der Waals surface area contributed by atoms with Crippen molar-refractivity contribution < 1.29 is 4.79 Å². The van der Waals surface area contributed by atoms with Gasteiger partial charge < -0.3 is 5.32 Å². The van der Waals surface area contributed by atoms with E-state index in [1.54, 1.807) is 10.7 Å². The van der Waals surface area contributed by atoms with Crippen molar-refractivity contribution >= 4 is 23.3 Å². The van der Waals surface area contributed by atoms with Gasteiger partial charge in [0.05, 0.1) is 11.4 Å². The lowest BCUT2D eigenvalue weighted by atomic mass is 10.1. The molecular weight excluding hydrogens is 274 g/mol. The fraction of sp³-hybridized carbons (Fsp3) is 0.333. The Morgan fingerprint density at radius 3 is 2.80 bits per heavy atom. The number of anilines is 1. The van der Waals surface area contributed by atoms with Gasteiger partial charge in [0.25, 0.3) is 0 Å². The molecule has 1 aromatic carbocycles. The maximum atomic E-state index is 11.9. The first kappa shape index (κ1) is 14.6. The summed E-state index contributed by atoms with van der Waals surface area (Å²) in [5.74, 6) is 0.970.